The lowest BCUT2D eigenvalue weighted by Gasteiger charge is -2.30. The van der Waals surface area contributed by atoms with E-state index >= 15 is 0 Å². The molecule has 0 spiro atoms. The molecule has 4 N–H and O–H groups in total. The fraction of sp³-hybridized carbons (Fsp3) is 0.625. The van der Waals surface area contributed by atoms with Crippen molar-refractivity contribution >= 4 is 11.9 Å². The van der Waals surface area contributed by atoms with Crippen LogP contribution >= 0.6 is 0 Å². The summed E-state index contributed by atoms with van der Waals surface area (Å²) in [7, 11) is 0. The van der Waals surface area contributed by atoms with Gasteiger partial charge in [-0.3, -0.25) is 15.0 Å². The highest BCUT2D eigenvalue weighted by Gasteiger charge is 2.23. The van der Waals surface area contributed by atoms with Gasteiger partial charge in [0.25, 0.3) is 0 Å². The van der Waals surface area contributed by atoms with Gasteiger partial charge in [0, 0.05) is 19.6 Å². The van der Waals surface area contributed by atoms with Gasteiger partial charge in [-0.15, -0.1) is 0 Å². The molecule has 0 bridgehead atoms. The van der Waals surface area contributed by atoms with Crippen molar-refractivity contribution in [2.24, 2.45) is 5.73 Å². The molecule has 0 aromatic heterocycles. The second-order valence-electron chi connectivity index (χ2n) is 3.23. The van der Waals surface area contributed by atoms with Crippen LogP contribution in [0.25, 0.3) is 0 Å². The van der Waals surface area contributed by atoms with Crippen molar-refractivity contribution in [3.8, 4) is 6.07 Å². The van der Waals surface area contributed by atoms with Crippen LogP contribution in [0, 0.1) is 11.3 Å². The number of primary amides is 1. The van der Waals surface area contributed by atoms with Crippen LogP contribution in [0.5, 0.6) is 0 Å². The molecule has 1 rings (SSSR count). The predicted octanol–water partition coefficient (Wildman–Crippen LogP) is -2.02. The van der Waals surface area contributed by atoms with Gasteiger partial charge in [-0.05, 0) is 0 Å². The van der Waals surface area contributed by atoms with Crippen LogP contribution in [-0.4, -0.2) is 49.1 Å². The number of carbonyl (C=O) groups is 2. The van der Waals surface area contributed by atoms with Crippen LogP contribution in [0.1, 0.15) is 0 Å². The molecular formula is C8H13N5O2. The summed E-state index contributed by atoms with van der Waals surface area (Å²) in [4.78, 5) is 23.3. The number of hydrogen-bond acceptors (Lipinski definition) is 5. The molecule has 7 heteroatoms. The Bertz CT molecular complexity index is 298. The van der Waals surface area contributed by atoms with E-state index in [0.717, 1.165) is 6.54 Å². The number of piperazine rings is 1. The predicted molar refractivity (Wildman–Crippen MR) is 51.6 cm³/mol. The SMILES string of the molecule is N#CC1CNCCN1CC(=O)NC(N)=O. The van der Waals surface area contributed by atoms with Crippen LogP contribution < -0.4 is 16.4 Å². The monoisotopic (exact) mass is 211 g/mol. The molecule has 0 aromatic rings. The molecule has 1 fully saturated rings. The molecule has 0 aliphatic carbocycles. The molecule has 1 aliphatic heterocycles. The first kappa shape index (κ1) is 11.4. The first-order valence-corrected chi connectivity index (χ1v) is 4.57. The summed E-state index contributed by atoms with van der Waals surface area (Å²) < 4.78 is 0. The van der Waals surface area contributed by atoms with E-state index < -0.39 is 11.9 Å². The average Bonchev–Trinajstić information content (AvgIpc) is 2.17. The first-order chi connectivity index (χ1) is 7.13. The molecule has 0 aromatic carbocycles. The minimum Gasteiger partial charge on any atom is -0.351 e. The second-order valence-corrected chi connectivity index (χ2v) is 3.23. The second kappa shape index (κ2) is 5.29. The van der Waals surface area contributed by atoms with Gasteiger partial charge in [0.2, 0.25) is 5.91 Å². The van der Waals surface area contributed by atoms with Gasteiger partial charge in [-0.1, -0.05) is 0 Å². The Morgan fingerprint density at radius 3 is 3.00 bits per heavy atom. The highest BCUT2D eigenvalue weighted by Crippen LogP contribution is 2.00. The van der Waals surface area contributed by atoms with Crippen LogP contribution in [0.3, 0.4) is 0 Å². The fourth-order valence-electron chi connectivity index (χ4n) is 1.42. The normalized spacial score (nSPS) is 21.7. The van der Waals surface area contributed by atoms with Crippen molar-refractivity contribution in [1.82, 2.24) is 15.5 Å². The molecule has 1 aliphatic rings. The third-order valence-electron chi connectivity index (χ3n) is 2.11. The van der Waals surface area contributed by atoms with E-state index in [1.807, 2.05) is 5.32 Å². The summed E-state index contributed by atoms with van der Waals surface area (Å²) in [6, 6.07) is 0.873. The number of hydrogen-bond donors (Lipinski definition) is 3. The summed E-state index contributed by atoms with van der Waals surface area (Å²) in [5.74, 6) is -0.482. The van der Waals surface area contributed by atoms with Gasteiger partial charge in [0.15, 0.2) is 0 Å². The molecule has 15 heavy (non-hydrogen) atoms. The standard InChI is InChI=1S/C8H13N5O2/c9-3-6-4-11-1-2-13(6)5-7(14)12-8(10)15/h6,11H,1-2,4-5H2,(H3,10,12,14,15). The van der Waals surface area contributed by atoms with Crippen molar-refractivity contribution in [2.75, 3.05) is 26.2 Å². The summed E-state index contributed by atoms with van der Waals surface area (Å²) >= 11 is 0. The lowest BCUT2D eigenvalue weighted by molar-refractivity contribution is -0.121. The third kappa shape index (κ3) is 3.53. The molecule has 1 saturated heterocycles. The van der Waals surface area contributed by atoms with E-state index in [2.05, 4.69) is 11.4 Å². The first-order valence-electron chi connectivity index (χ1n) is 4.57. The number of imide groups is 1. The molecular weight excluding hydrogens is 198 g/mol. The third-order valence-corrected chi connectivity index (χ3v) is 2.11. The number of nitrogens with two attached hydrogens (primary N) is 1. The van der Waals surface area contributed by atoms with E-state index in [4.69, 9.17) is 11.0 Å². The van der Waals surface area contributed by atoms with Crippen molar-refractivity contribution in [2.45, 2.75) is 6.04 Å². The van der Waals surface area contributed by atoms with Crippen LogP contribution in [-0.2, 0) is 4.79 Å². The lowest BCUT2D eigenvalue weighted by Crippen LogP contribution is -2.54. The highest BCUT2D eigenvalue weighted by molar-refractivity contribution is 5.94. The van der Waals surface area contributed by atoms with Crippen LogP contribution in [0.4, 0.5) is 4.79 Å². The summed E-state index contributed by atoms with van der Waals surface area (Å²) in [5, 5.41) is 13.8. The molecule has 3 amide bonds. The zero-order valence-corrected chi connectivity index (χ0v) is 8.19. The Balaban J connectivity index is 2.45. The van der Waals surface area contributed by atoms with E-state index in [1.165, 1.54) is 0 Å². The van der Waals surface area contributed by atoms with Crippen LogP contribution in [0.15, 0.2) is 0 Å². The summed E-state index contributed by atoms with van der Waals surface area (Å²) in [5.41, 5.74) is 4.80. The lowest BCUT2D eigenvalue weighted by atomic mass is 10.2. The smallest absolute Gasteiger partial charge is 0.318 e. The quantitative estimate of drug-likeness (QED) is 0.488. The molecule has 1 atom stereocenters. The minimum atomic E-state index is -0.872. The van der Waals surface area contributed by atoms with Crippen molar-refractivity contribution in [1.29, 1.82) is 5.26 Å². The van der Waals surface area contributed by atoms with Gasteiger partial charge in [-0.25, -0.2) is 4.79 Å². The maximum atomic E-state index is 11.2. The van der Waals surface area contributed by atoms with E-state index in [0.29, 0.717) is 13.1 Å². The van der Waals surface area contributed by atoms with Crippen molar-refractivity contribution in [3.63, 3.8) is 0 Å². The van der Waals surface area contributed by atoms with Crippen molar-refractivity contribution < 1.29 is 9.59 Å². The molecule has 82 valence electrons. The zero-order valence-electron chi connectivity index (χ0n) is 8.19. The number of nitrogens with one attached hydrogen (secondary N) is 2. The molecule has 0 radical (unpaired) electrons. The molecule has 1 heterocycles. The Morgan fingerprint density at radius 2 is 2.40 bits per heavy atom. The van der Waals surface area contributed by atoms with Gasteiger partial charge in [-0.2, -0.15) is 5.26 Å². The number of carbonyl (C=O) groups excluding carboxylic acids is 2. The maximum absolute atomic E-state index is 11.2. The molecule has 1 unspecified atom stereocenters. The fourth-order valence-corrected chi connectivity index (χ4v) is 1.42. The minimum absolute atomic E-state index is 0.0167. The number of rotatable bonds is 2. The molecule has 7 nitrogen and oxygen atoms in total. The number of nitriles is 1. The largest absolute Gasteiger partial charge is 0.351 e. The highest BCUT2D eigenvalue weighted by atomic mass is 16.2. The van der Waals surface area contributed by atoms with E-state index in [9.17, 15) is 9.59 Å². The Hall–Kier alpha value is -1.65. The summed E-state index contributed by atoms with van der Waals surface area (Å²) in [6.07, 6.45) is 0. The van der Waals surface area contributed by atoms with Gasteiger partial charge in [0.05, 0.1) is 12.6 Å². The topological polar surface area (TPSA) is 111 Å². The average molecular weight is 211 g/mol. The Labute approximate surface area is 87.2 Å². The molecule has 0 saturated carbocycles. The van der Waals surface area contributed by atoms with Crippen LogP contribution in [0.2, 0.25) is 0 Å². The number of amides is 3. The van der Waals surface area contributed by atoms with Gasteiger partial charge in [0.1, 0.15) is 6.04 Å². The number of nitrogens with zero attached hydrogens (tertiary/aromatic N) is 2. The van der Waals surface area contributed by atoms with Gasteiger partial charge < -0.3 is 11.1 Å². The summed E-state index contributed by atoms with van der Waals surface area (Å²) in [6.45, 7) is 1.87. The number of urea groups is 1. The van der Waals surface area contributed by atoms with Gasteiger partial charge >= 0.3 is 6.03 Å². The van der Waals surface area contributed by atoms with E-state index in [-0.39, 0.29) is 12.6 Å². The Kier molecular flexibility index (Phi) is 4.03. The Morgan fingerprint density at radius 1 is 1.67 bits per heavy atom. The zero-order chi connectivity index (χ0) is 11.3. The van der Waals surface area contributed by atoms with E-state index in [1.54, 1.807) is 4.90 Å². The maximum Gasteiger partial charge on any atom is 0.318 e. The van der Waals surface area contributed by atoms with Crippen molar-refractivity contribution in [3.05, 3.63) is 0 Å².